The molecule has 0 aromatic carbocycles. The molecule has 138 valence electrons. The maximum atomic E-state index is 12.0. The Kier molecular flexibility index (Phi) is 8.91. The van der Waals surface area contributed by atoms with E-state index in [9.17, 15) is 8.42 Å². The van der Waals surface area contributed by atoms with Crippen LogP contribution in [0.3, 0.4) is 0 Å². The molecule has 1 aliphatic rings. The van der Waals surface area contributed by atoms with E-state index >= 15 is 0 Å². The van der Waals surface area contributed by atoms with Crippen LogP contribution in [0.4, 0.5) is 0 Å². The van der Waals surface area contributed by atoms with Crippen molar-refractivity contribution in [2.24, 2.45) is 4.99 Å². The Balaban J connectivity index is 0.00000288. The third kappa shape index (κ3) is 6.47. The summed E-state index contributed by atoms with van der Waals surface area (Å²) in [7, 11) is -1.73. The second kappa shape index (κ2) is 9.90. The van der Waals surface area contributed by atoms with Gasteiger partial charge in [-0.2, -0.15) is 0 Å². The van der Waals surface area contributed by atoms with Gasteiger partial charge in [-0.3, -0.25) is 4.99 Å². The highest BCUT2D eigenvalue weighted by Crippen LogP contribution is 2.23. The Bertz CT molecular complexity index is 614. The largest absolute Gasteiger partial charge is 0.373 e. The van der Waals surface area contributed by atoms with E-state index < -0.39 is 10.0 Å². The number of nitrogens with one attached hydrogen (secondary N) is 3. The van der Waals surface area contributed by atoms with Crippen molar-refractivity contribution in [1.29, 1.82) is 0 Å². The first-order valence-electron chi connectivity index (χ1n) is 7.57. The van der Waals surface area contributed by atoms with Crippen LogP contribution in [0.25, 0.3) is 0 Å². The lowest BCUT2D eigenvalue weighted by atomic mass is 10.0. The normalized spacial score (nSPS) is 21.3. The molecule has 1 aromatic rings. The molecule has 0 radical (unpaired) electrons. The molecule has 24 heavy (non-hydrogen) atoms. The number of thiophene rings is 1. The Morgan fingerprint density at radius 3 is 2.79 bits per heavy atom. The molecule has 1 atom stereocenters. The van der Waals surface area contributed by atoms with Crippen molar-refractivity contribution in [1.82, 2.24) is 15.4 Å². The van der Waals surface area contributed by atoms with Gasteiger partial charge in [0, 0.05) is 33.3 Å². The van der Waals surface area contributed by atoms with E-state index in [1.165, 1.54) is 11.3 Å². The average molecular weight is 488 g/mol. The van der Waals surface area contributed by atoms with Crippen LogP contribution < -0.4 is 15.4 Å². The second-order valence-electron chi connectivity index (χ2n) is 5.58. The van der Waals surface area contributed by atoms with E-state index in [1.807, 2.05) is 0 Å². The Labute approximate surface area is 164 Å². The molecule has 1 aromatic heterocycles. The highest BCUT2D eigenvalue weighted by atomic mass is 127. The van der Waals surface area contributed by atoms with Crippen molar-refractivity contribution in [2.45, 2.75) is 29.6 Å². The fraction of sp³-hybridized carbons (Fsp3) is 0.643. The van der Waals surface area contributed by atoms with Crippen molar-refractivity contribution in [3.05, 3.63) is 17.5 Å². The van der Waals surface area contributed by atoms with Crippen LogP contribution in [0, 0.1) is 0 Å². The molecule has 7 nitrogen and oxygen atoms in total. The fourth-order valence-corrected chi connectivity index (χ4v) is 4.39. The summed E-state index contributed by atoms with van der Waals surface area (Å²) in [5, 5.41) is 8.04. The SMILES string of the molecule is CN=C(NCCNS(=O)(=O)c1cccs1)NCC1(C)CCCO1.I. The van der Waals surface area contributed by atoms with Gasteiger partial charge in [0.15, 0.2) is 5.96 Å². The number of nitrogens with zero attached hydrogens (tertiary/aromatic N) is 1. The van der Waals surface area contributed by atoms with E-state index in [1.54, 1.807) is 24.6 Å². The molecule has 2 heterocycles. The average Bonchev–Trinajstić information content (AvgIpc) is 3.19. The van der Waals surface area contributed by atoms with Crippen LogP contribution in [0.2, 0.25) is 0 Å². The summed E-state index contributed by atoms with van der Waals surface area (Å²) >= 11 is 1.20. The molecule has 3 N–H and O–H groups in total. The van der Waals surface area contributed by atoms with Crippen LogP contribution in [0.15, 0.2) is 26.7 Å². The highest BCUT2D eigenvalue weighted by molar-refractivity contribution is 14.0. The summed E-state index contributed by atoms with van der Waals surface area (Å²) in [5.74, 6) is 0.636. The maximum Gasteiger partial charge on any atom is 0.250 e. The lowest BCUT2D eigenvalue weighted by molar-refractivity contribution is 0.0243. The second-order valence-corrected chi connectivity index (χ2v) is 8.53. The molecular weight excluding hydrogens is 463 g/mol. The van der Waals surface area contributed by atoms with E-state index in [0.29, 0.717) is 23.3 Å². The summed E-state index contributed by atoms with van der Waals surface area (Å²) in [6.45, 7) is 4.29. The lowest BCUT2D eigenvalue weighted by Crippen LogP contribution is -2.47. The molecule has 0 spiro atoms. The van der Waals surface area contributed by atoms with Gasteiger partial charge in [0.1, 0.15) is 4.21 Å². The molecule has 10 heteroatoms. The predicted molar refractivity (Wildman–Crippen MR) is 108 cm³/mol. The number of aliphatic imine (C=N–C) groups is 1. The van der Waals surface area contributed by atoms with Crippen molar-refractivity contribution in [3.8, 4) is 0 Å². The molecule has 0 saturated carbocycles. The third-order valence-electron chi connectivity index (χ3n) is 3.62. The van der Waals surface area contributed by atoms with Crippen molar-refractivity contribution >= 4 is 51.3 Å². The van der Waals surface area contributed by atoms with Crippen LogP contribution in [-0.2, 0) is 14.8 Å². The molecular formula is C14H25IN4O3S2. The minimum absolute atomic E-state index is 0. The Morgan fingerprint density at radius 1 is 1.42 bits per heavy atom. The minimum Gasteiger partial charge on any atom is -0.373 e. The number of hydrogen-bond donors (Lipinski definition) is 3. The summed E-state index contributed by atoms with van der Waals surface area (Å²) in [5.41, 5.74) is -0.154. The van der Waals surface area contributed by atoms with Gasteiger partial charge >= 0.3 is 0 Å². The van der Waals surface area contributed by atoms with Gasteiger partial charge in [-0.25, -0.2) is 13.1 Å². The molecule has 1 aliphatic heterocycles. The first-order valence-corrected chi connectivity index (χ1v) is 9.93. The van der Waals surface area contributed by atoms with Crippen LogP contribution >= 0.6 is 35.3 Å². The zero-order valence-corrected chi connectivity index (χ0v) is 17.8. The summed E-state index contributed by atoms with van der Waals surface area (Å²) in [6, 6.07) is 3.30. The van der Waals surface area contributed by atoms with Crippen LogP contribution in [-0.4, -0.2) is 53.3 Å². The first kappa shape index (κ1) is 21.6. The van der Waals surface area contributed by atoms with Crippen molar-refractivity contribution in [3.63, 3.8) is 0 Å². The summed E-state index contributed by atoms with van der Waals surface area (Å²) in [6.07, 6.45) is 2.10. The van der Waals surface area contributed by atoms with Gasteiger partial charge in [-0.05, 0) is 31.2 Å². The van der Waals surface area contributed by atoms with Gasteiger partial charge < -0.3 is 15.4 Å². The molecule has 2 rings (SSSR count). The van der Waals surface area contributed by atoms with Gasteiger partial charge in [0.2, 0.25) is 10.0 Å². The van der Waals surface area contributed by atoms with Gasteiger partial charge in [0.05, 0.1) is 5.60 Å². The zero-order chi connectivity index (χ0) is 16.8. The molecule has 1 saturated heterocycles. The standard InChI is InChI=1S/C14H24N4O3S2.HI/c1-14(6-4-9-21-14)11-17-13(15-2)16-7-8-18-23(19,20)12-5-3-10-22-12;/h3,5,10,18H,4,6-9,11H2,1-2H3,(H2,15,16,17);1H. The van der Waals surface area contributed by atoms with E-state index in [4.69, 9.17) is 4.74 Å². The van der Waals surface area contributed by atoms with Crippen LogP contribution in [0.1, 0.15) is 19.8 Å². The number of guanidine groups is 1. The number of rotatable bonds is 7. The molecule has 1 fully saturated rings. The Hall–Kier alpha value is -0.430. The van der Waals surface area contributed by atoms with E-state index in [-0.39, 0.29) is 36.1 Å². The van der Waals surface area contributed by atoms with Crippen LogP contribution in [0.5, 0.6) is 0 Å². The van der Waals surface area contributed by atoms with Gasteiger partial charge in [-0.15, -0.1) is 35.3 Å². The van der Waals surface area contributed by atoms with Gasteiger partial charge in [0.25, 0.3) is 0 Å². The van der Waals surface area contributed by atoms with Gasteiger partial charge in [-0.1, -0.05) is 6.07 Å². The molecule has 1 unspecified atom stereocenters. The first-order chi connectivity index (χ1) is 11.0. The fourth-order valence-electron chi connectivity index (χ4n) is 2.32. The smallest absolute Gasteiger partial charge is 0.250 e. The topological polar surface area (TPSA) is 91.8 Å². The number of halogens is 1. The maximum absolute atomic E-state index is 12.0. The molecule has 0 bridgehead atoms. The number of hydrogen-bond acceptors (Lipinski definition) is 5. The number of ether oxygens (including phenoxy) is 1. The predicted octanol–water partition coefficient (Wildman–Crippen LogP) is 1.38. The lowest BCUT2D eigenvalue weighted by Gasteiger charge is -2.24. The van der Waals surface area contributed by atoms with Crippen molar-refractivity contribution in [2.75, 3.05) is 33.3 Å². The number of sulfonamides is 1. The van der Waals surface area contributed by atoms with E-state index in [0.717, 1.165) is 19.4 Å². The highest BCUT2D eigenvalue weighted by Gasteiger charge is 2.29. The summed E-state index contributed by atoms with van der Waals surface area (Å²) in [4.78, 5) is 4.13. The minimum atomic E-state index is -3.41. The molecule has 0 aliphatic carbocycles. The zero-order valence-electron chi connectivity index (χ0n) is 13.9. The molecule has 0 amide bonds. The third-order valence-corrected chi connectivity index (χ3v) is 6.48. The Morgan fingerprint density at radius 2 is 2.21 bits per heavy atom. The quantitative estimate of drug-likeness (QED) is 0.234. The van der Waals surface area contributed by atoms with Crippen molar-refractivity contribution < 1.29 is 13.2 Å². The van der Waals surface area contributed by atoms with E-state index in [2.05, 4.69) is 27.3 Å². The summed E-state index contributed by atoms with van der Waals surface area (Å²) < 4.78 is 32.5. The monoisotopic (exact) mass is 488 g/mol.